The van der Waals surface area contributed by atoms with Gasteiger partial charge in [0, 0.05) is 5.41 Å². The van der Waals surface area contributed by atoms with Crippen molar-refractivity contribution >= 4 is 5.78 Å². The molecule has 0 saturated heterocycles. The van der Waals surface area contributed by atoms with E-state index in [1.165, 1.54) is 43.2 Å². The maximum absolute atomic E-state index is 13.5. The molecule has 0 heterocycles. The molecular formula is C35H44O2. The highest BCUT2D eigenvalue weighted by atomic mass is 16.5. The van der Waals surface area contributed by atoms with E-state index in [9.17, 15) is 4.79 Å². The van der Waals surface area contributed by atoms with Gasteiger partial charge in [-0.3, -0.25) is 4.79 Å². The molecule has 37 heavy (non-hydrogen) atoms. The molecule has 7 atom stereocenters. The van der Waals surface area contributed by atoms with Gasteiger partial charge in [0.1, 0.15) is 5.78 Å². The van der Waals surface area contributed by atoms with E-state index in [2.05, 4.69) is 80.6 Å². The number of rotatable bonds is 6. The van der Waals surface area contributed by atoms with Crippen molar-refractivity contribution in [3.05, 3.63) is 83.4 Å². The van der Waals surface area contributed by atoms with Gasteiger partial charge in [-0.2, -0.15) is 0 Å². The summed E-state index contributed by atoms with van der Waals surface area (Å²) >= 11 is 0. The number of ether oxygens (including phenoxy) is 1. The number of Topliss-reactive ketones (excluding diaryl/α,β-unsaturated/α-hetero) is 1. The maximum atomic E-state index is 13.5. The molecule has 4 aliphatic rings. The van der Waals surface area contributed by atoms with E-state index in [1.807, 2.05) is 6.92 Å². The number of fused-ring (bicyclic) bond motifs is 5. The second kappa shape index (κ2) is 9.53. The fourth-order valence-corrected chi connectivity index (χ4v) is 9.63. The number of ketones is 1. The lowest BCUT2D eigenvalue weighted by atomic mass is 9.45. The monoisotopic (exact) mass is 496 g/mol. The fourth-order valence-electron chi connectivity index (χ4n) is 9.63. The van der Waals surface area contributed by atoms with Crippen molar-refractivity contribution in [3.63, 3.8) is 0 Å². The first-order valence-electron chi connectivity index (χ1n) is 14.8. The second-order valence-corrected chi connectivity index (χ2v) is 13.2. The molecule has 3 fully saturated rings. The fraction of sp³-hybridized carbons (Fsp3) is 0.571. The quantitative estimate of drug-likeness (QED) is 0.376. The van der Waals surface area contributed by atoms with Crippen molar-refractivity contribution in [1.29, 1.82) is 0 Å². The van der Waals surface area contributed by atoms with Gasteiger partial charge in [-0.1, -0.05) is 86.2 Å². The van der Waals surface area contributed by atoms with Crippen molar-refractivity contribution in [2.75, 3.05) is 0 Å². The number of allylic oxidation sites excluding steroid dienone is 1. The molecule has 0 unspecified atom stereocenters. The largest absolute Gasteiger partial charge is 0.373 e. The predicted molar refractivity (Wildman–Crippen MR) is 150 cm³/mol. The van der Waals surface area contributed by atoms with Crippen LogP contribution in [0.4, 0.5) is 0 Å². The van der Waals surface area contributed by atoms with Crippen LogP contribution < -0.4 is 0 Å². The zero-order valence-corrected chi connectivity index (χ0v) is 23.0. The minimum atomic E-state index is -0.210. The van der Waals surface area contributed by atoms with E-state index >= 15 is 0 Å². The van der Waals surface area contributed by atoms with Crippen molar-refractivity contribution in [3.8, 4) is 0 Å². The summed E-state index contributed by atoms with van der Waals surface area (Å²) in [5.74, 6) is 2.54. The summed E-state index contributed by atoms with van der Waals surface area (Å²) in [6.07, 6.45) is 13.3. The average molecular weight is 497 g/mol. The van der Waals surface area contributed by atoms with Crippen molar-refractivity contribution in [2.45, 2.75) is 91.3 Å². The number of carbonyl (C=O) groups excluding carboxylic acids is 1. The van der Waals surface area contributed by atoms with Crippen molar-refractivity contribution in [1.82, 2.24) is 0 Å². The molecular weight excluding hydrogens is 452 g/mol. The van der Waals surface area contributed by atoms with Crippen molar-refractivity contribution < 1.29 is 9.53 Å². The van der Waals surface area contributed by atoms with Crippen LogP contribution in [0.25, 0.3) is 0 Å². The van der Waals surface area contributed by atoms with Gasteiger partial charge in [0.2, 0.25) is 0 Å². The van der Waals surface area contributed by atoms with Crippen LogP contribution in [0.2, 0.25) is 0 Å². The summed E-state index contributed by atoms with van der Waals surface area (Å²) in [4.78, 5) is 13.5. The molecule has 2 aromatic carbocycles. The summed E-state index contributed by atoms with van der Waals surface area (Å²) in [5, 5.41) is 0. The van der Waals surface area contributed by atoms with Crippen LogP contribution in [-0.2, 0) is 22.6 Å². The van der Waals surface area contributed by atoms with Gasteiger partial charge >= 0.3 is 0 Å². The molecule has 0 amide bonds. The highest BCUT2D eigenvalue weighted by molar-refractivity contribution is 5.84. The molecule has 2 heteroatoms. The van der Waals surface area contributed by atoms with Crippen LogP contribution in [0.5, 0.6) is 0 Å². The summed E-state index contributed by atoms with van der Waals surface area (Å²) in [7, 11) is 0. The van der Waals surface area contributed by atoms with Crippen LogP contribution in [0.1, 0.15) is 83.3 Å². The first kappa shape index (κ1) is 25.1. The molecule has 196 valence electrons. The Kier molecular flexibility index (Phi) is 6.46. The maximum Gasteiger partial charge on any atom is 0.136 e. The number of hydrogen-bond donors (Lipinski definition) is 0. The smallest absolute Gasteiger partial charge is 0.136 e. The third kappa shape index (κ3) is 4.06. The minimum Gasteiger partial charge on any atom is -0.373 e. The van der Waals surface area contributed by atoms with Gasteiger partial charge in [-0.05, 0) is 104 Å². The predicted octanol–water partition coefficient (Wildman–Crippen LogP) is 8.35. The molecule has 3 saturated carbocycles. The third-order valence-electron chi connectivity index (χ3n) is 11.8. The Balaban J connectivity index is 1.21. The molecule has 0 spiro atoms. The van der Waals surface area contributed by atoms with Crippen LogP contribution in [-0.4, -0.2) is 11.9 Å². The zero-order valence-electron chi connectivity index (χ0n) is 23.0. The number of hydrogen-bond acceptors (Lipinski definition) is 2. The van der Waals surface area contributed by atoms with E-state index in [4.69, 9.17) is 4.74 Å². The lowest BCUT2D eigenvalue weighted by Gasteiger charge is -2.59. The molecule has 0 radical (unpaired) electrons. The lowest BCUT2D eigenvalue weighted by Crippen LogP contribution is -2.54. The molecule has 0 N–H and O–H groups in total. The van der Waals surface area contributed by atoms with Gasteiger partial charge in [0.25, 0.3) is 0 Å². The normalized spacial score (nSPS) is 38.7. The molecule has 0 aromatic heterocycles. The Morgan fingerprint density at radius 3 is 2.24 bits per heavy atom. The highest BCUT2D eigenvalue weighted by Crippen LogP contribution is 2.70. The van der Waals surface area contributed by atoms with E-state index < -0.39 is 0 Å². The Hall–Kier alpha value is -2.19. The Morgan fingerprint density at radius 1 is 0.865 bits per heavy atom. The topological polar surface area (TPSA) is 26.3 Å². The molecule has 0 bridgehead atoms. The van der Waals surface area contributed by atoms with Gasteiger partial charge in [-0.25, -0.2) is 0 Å². The standard InChI is InChI=1S/C35H44O2/c1-25(36)35(23-26-10-6-4-7-11-26)21-18-32-30-15-14-28-22-29(37-24-27-12-8-5-9-13-27)16-19-33(28,2)31(30)17-20-34(32,35)3/h4-14,29-32H,15-24H2,1-3H3/t29-,30+,31-,32-,33-,34-,35-/m0/s1. The molecule has 2 aromatic rings. The van der Waals surface area contributed by atoms with Gasteiger partial charge in [0.15, 0.2) is 0 Å². The molecule has 2 nitrogen and oxygen atoms in total. The first-order chi connectivity index (χ1) is 17.9. The van der Waals surface area contributed by atoms with E-state index in [0.717, 1.165) is 38.2 Å². The summed E-state index contributed by atoms with van der Waals surface area (Å²) < 4.78 is 6.42. The van der Waals surface area contributed by atoms with Gasteiger partial charge in [0.05, 0.1) is 12.7 Å². The SMILES string of the molecule is CC(=O)[C@@]1(Cc2ccccc2)CC[C@H]2[C@@H]3CC=C4C[C@@H](OCc5ccccc5)CC[C@]4(C)[C@H]3CC[C@@]21C. The van der Waals surface area contributed by atoms with E-state index in [1.54, 1.807) is 5.57 Å². The molecule has 6 rings (SSSR count). The zero-order chi connectivity index (χ0) is 25.7. The van der Waals surface area contributed by atoms with Crippen LogP contribution in [0.15, 0.2) is 72.3 Å². The van der Waals surface area contributed by atoms with Crippen LogP contribution in [0.3, 0.4) is 0 Å². The number of carbonyl (C=O) groups is 1. The first-order valence-corrected chi connectivity index (χ1v) is 14.8. The Bertz CT molecular complexity index is 1150. The highest BCUT2D eigenvalue weighted by Gasteiger charge is 2.65. The van der Waals surface area contributed by atoms with Gasteiger partial charge in [-0.15, -0.1) is 0 Å². The summed E-state index contributed by atoms with van der Waals surface area (Å²) in [6.45, 7) is 7.68. The van der Waals surface area contributed by atoms with Crippen molar-refractivity contribution in [2.24, 2.45) is 34.0 Å². The third-order valence-corrected chi connectivity index (χ3v) is 11.8. The van der Waals surface area contributed by atoms with E-state index in [-0.39, 0.29) is 10.8 Å². The van der Waals surface area contributed by atoms with Crippen LogP contribution in [0, 0.1) is 34.0 Å². The minimum absolute atomic E-state index is 0.105. The molecule has 0 aliphatic heterocycles. The van der Waals surface area contributed by atoms with Gasteiger partial charge < -0.3 is 4.74 Å². The van der Waals surface area contributed by atoms with E-state index in [0.29, 0.717) is 29.1 Å². The average Bonchev–Trinajstić information content (AvgIpc) is 3.21. The Labute approximate surface area is 223 Å². The summed E-state index contributed by atoms with van der Waals surface area (Å²) in [5.41, 5.74) is 4.46. The lowest BCUT2D eigenvalue weighted by molar-refractivity contribution is -0.140. The molecule has 4 aliphatic carbocycles. The number of benzene rings is 2. The second-order valence-electron chi connectivity index (χ2n) is 13.2. The Morgan fingerprint density at radius 2 is 1.54 bits per heavy atom. The van der Waals surface area contributed by atoms with Crippen LogP contribution >= 0.6 is 0 Å². The summed E-state index contributed by atoms with van der Waals surface area (Å²) in [6, 6.07) is 21.4.